The molecular weight excluding hydrogens is 220 g/mol. The van der Waals surface area contributed by atoms with E-state index >= 15 is 0 Å². The maximum atomic E-state index is 9.87. The summed E-state index contributed by atoms with van der Waals surface area (Å²) < 4.78 is 0. The van der Waals surface area contributed by atoms with Crippen molar-refractivity contribution in [2.24, 2.45) is 0 Å². The summed E-state index contributed by atoms with van der Waals surface area (Å²) in [4.78, 5) is 2.36. The number of aliphatic hydroxyl groups is 1. The van der Waals surface area contributed by atoms with Crippen LogP contribution >= 0.6 is 11.8 Å². The Morgan fingerprint density at radius 1 is 1.38 bits per heavy atom. The minimum Gasteiger partial charge on any atom is -0.390 e. The van der Waals surface area contributed by atoms with Crippen LogP contribution in [-0.4, -0.2) is 60.3 Å². The van der Waals surface area contributed by atoms with Crippen LogP contribution in [0.4, 0.5) is 0 Å². The summed E-state index contributed by atoms with van der Waals surface area (Å²) in [6.07, 6.45) is 5.69. The molecule has 96 valence electrons. The van der Waals surface area contributed by atoms with Crippen LogP contribution in [0.1, 0.15) is 26.2 Å². The van der Waals surface area contributed by atoms with Crippen molar-refractivity contribution in [3.05, 3.63) is 0 Å². The average Bonchev–Trinajstić information content (AvgIpc) is 2.76. The molecule has 3 nitrogen and oxygen atoms in total. The number of aliphatic hydroxyl groups excluding tert-OH is 1. The number of nitrogens with one attached hydrogen (secondary N) is 1. The van der Waals surface area contributed by atoms with E-state index in [0.717, 1.165) is 13.1 Å². The first-order valence-corrected chi connectivity index (χ1v) is 7.74. The summed E-state index contributed by atoms with van der Waals surface area (Å²) >= 11 is 1.88. The molecule has 1 aliphatic rings. The summed E-state index contributed by atoms with van der Waals surface area (Å²) in [6, 6.07) is 0.515. The first-order chi connectivity index (χ1) is 7.72. The van der Waals surface area contributed by atoms with Crippen LogP contribution in [0.25, 0.3) is 0 Å². The van der Waals surface area contributed by atoms with Crippen molar-refractivity contribution in [2.75, 3.05) is 38.2 Å². The van der Waals surface area contributed by atoms with Gasteiger partial charge in [0.05, 0.1) is 6.10 Å². The van der Waals surface area contributed by atoms with Gasteiger partial charge in [0.1, 0.15) is 0 Å². The molecule has 4 heteroatoms. The van der Waals surface area contributed by atoms with E-state index in [1.165, 1.54) is 38.1 Å². The molecule has 1 rings (SSSR count). The Morgan fingerprint density at radius 3 is 2.69 bits per heavy atom. The van der Waals surface area contributed by atoms with E-state index in [9.17, 15) is 5.11 Å². The molecule has 0 amide bonds. The van der Waals surface area contributed by atoms with Crippen LogP contribution in [0, 0.1) is 0 Å². The largest absolute Gasteiger partial charge is 0.390 e. The lowest BCUT2D eigenvalue weighted by atomic mass is 10.2. The van der Waals surface area contributed by atoms with Crippen LogP contribution < -0.4 is 5.32 Å². The van der Waals surface area contributed by atoms with Crippen molar-refractivity contribution in [1.82, 2.24) is 10.2 Å². The summed E-state index contributed by atoms with van der Waals surface area (Å²) in [5.74, 6) is 1.19. The van der Waals surface area contributed by atoms with Crippen LogP contribution in [0.5, 0.6) is 0 Å². The minimum absolute atomic E-state index is 0.213. The summed E-state index contributed by atoms with van der Waals surface area (Å²) in [5.41, 5.74) is 0. The first-order valence-electron chi connectivity index (χ1n) is 6.35. The third-order valence-electron chi connectivity index (χ3n) is 3.12. The van der Waals surface area contributed by atoms with E-state index in [2.05, 4.69) is 23.4 Å². The Kier molecular flexibility index (Phi) is 7.45. The number of thioether (sulfide) groups is 1. The van der Waals surface area contributed by atoms with Gasteiger partial charge >= 0.3 is 0 Å². The van der Waals surface area contributed by atoms with Gasteiger partial charge in [-0.1, -0.05) is 0 Å². The maximum Gasteiger partial charge on any atom is 0.0791 e. The number of nitrogens with zero attached hydrogens (tertiary/aromatic N) is 1. The molecule has 1 fully saturated rings. The van der Waals surface area contributed by atoms with E-state index in [1.807, 2.05) is 11.8 Å². The highest BCUT2D eigenvalue weighted by Crippen LogP contribution is 2.07. The van der Waals surface area contributed by atoms with Crippen LogP contribution in [0.3, 0.4) is 0 Å². The third-order valence-corrected chi connectivity index (χ3v) is 3.77. The first kappa shape index (κ1) is 14.3. The maximum absolute atomic E-state index is 9.87. The van der Waals surface area contributed by atoms with Crippen molar-refractivity contribution in [3.63, 3.8) is 0 Å². The Balaban J connectivity index is 2.02. The van der Waals surface area contributed by atoms with Crippen molar-refractivity contribution >= 4 is 11.8 Å². The van der Waals surface area contributed by atoms with Gasteiger partial charge in [-0.3, -0.25) is 0 Å². The van der Waals surface area contributed by atoms with E-state index in [1.54, 1.807) is 0 Å². The van der Waals surface area contributed by atoms with Crippen LogP contribution in [0.2, 0.25) is 0 Å². The van der Waals surface area contributed by atoms with E-state index < -0.39 is 0 Å². The van der Waals surface area contributed by atoms with Crippen LogP contribution in [0.15, 0.2) is 0 Å². The zero-order chi connectivity index (χ0) is 11.8. The molecule has 1 aliphatic heterocycles. The molecule has 0 aromatic rings. The molecule has 0 radical (unpaired) electrons. The number of likely N-dealkylation sites (tertiary alicyclic amines) is 1. The lowest BCUT2D eigenvalue weighted by Crippen LogP contribution is -2.40. The second kappa shape index (κ2) is 8.34. The molecule has 2 N–H and O–H groups in total. The molecule has 1 saturated heterocycles. The fourth-order valence-corrected chi connectivity index (χ4v) is 2.65. The number of β-amino-alcohol motifs (C(OH)–C–C–N with tert-alkyl or cyclic N) is 1. The molecule has 0 saturated carbocycles. The SMILES string of the molecule is CSCCC(C)NCC(O)CN1CCCC1. The number of hydrogen-bond donors (Lipinski definition) is 2. The van der Waals surface area contributed by atoms with E-state index in [-0.39, 0.29) is 6.10 Å². The van der Waals surface area contributed by atoms with Gasteiger partial charge in [0.25, 0.3) is 0 Å². The Labute approximate surface area is 104 Å². The molecule has 2 unspecified atom stereocenters. The molecule has 0 aliphatic carbocycles. The lowest BCUT2D eigenvalue weighted by molar-refractivity contribution is 0.121. The number of rotatable bonds is 8. The average molecular weight is 246 g/mol. The normalized spacial score (nSPS) is 21.2. The zero-order valence-electron chi connectivity index (χ0n) is 10.6. The van der Waals surface area contributed by atoms with Gasteiger partial charge in [0.15, 0.2) is 0 Å². The van der Waals surface area contributed by atoms with Crippen molar-refractivity contribution < 1.29 is 5.11 Å². The van der Waals surface area contributed by atoms with E-state index in [0.29, 0.717) is 6.04 Å². The quantitative estimate of drug-likeness (QED) is 0.674. The summed E-state index contributed by atoms with van der Waals surface area (Å²) in [7, 11) is 0. The predicted molar refractivity (Wildman–Crippen MR) is 72.1 cm³/mol. The van der Waals surface area contributed by atoms with Gasteiger partial charge in [-0.2, -0.15) is 11.8 Å². The second-order valence-electron chi connectivity index (χ2n) is 4.75. The fourth-order valence-electron chi connectivity index (χ4n) is 2.06. The van der Waals surface area contributed by atoms with Gasteiger partial charge in [-0.25, -0.2) is 0 Å². The van der Waals surface area contributed by atoms with Gasteiger partial charge in [0, 0.05) is 19.1 Å². The molecule has 0 aromatic carbocycles. The standard InChI is InChI=1S/C12H26N2OS/c1-11(5-8-16-2)13-9-12(15)10-14-6-3-4-7-14/h11-13,15H,3-10H2,1-2H3. The highest BCUT2D eigenvalue weighted by atomic mass is 32.2. The monoisotopic (exact) mass is 246 g/mol. The molecular formula is C12H26N2OS. The molecule has 0 bridgehead atoms. The lowest BCUT2D eigenvalue weighted by Gasteiger charge is -2.21. The Hall–Kier alpha value is 0.230. The highest BCUT2D eigenvalue weighted by Gasteiger charge is 2.15. The Morgan fingerprint density at radius 2 is 2.06 bits per heavy atom. The van der Waals surface area contributed by atoms with Crippen LogP contribution in [-0.2, 0) is 0 Å². The van der Waals surface area contributed by atoms with Gasteiger partial charge in [0.2, 0.25) is 0 Å². The van der Waals surface area contributed by atoms with Crippen molar-refractivity contribution in [3.8, 4) is 0 Å². The molecule has 16 heavy (non-hydrogen) atoms. The highest BCUT2D eigenvalue weighted by molar-refractivity contribution is 7.98. The fraction of sp³-hybridized carbons (Fsp3) is 1.00. The topological polar surface area (TPSA) is 35.5 Å². The summed E-state index contributed by atoms with van der Waals surface area (Å²) in [6.45, 7) is 6.09. The second-order valence-corrected chi connectivity index (χ2v) is 5.74. The van der Waals surface area contributed by atoms with Gasteiger partial charge in [-0.15, -0.1) is 0 Å². The smallest absolute Gasteiger partial charge is 0.0791 e. The predicted octanol–water partition coefficient (Wildman–Crippen LogP) is 1.17. The van der Waals surface area contributed by atoms with E-state index in [4.69, 9.17) is 0 Å². The molecule has 0 aromatic heterocycles. The van der Waals surface area contributed by atoms with Gasteiger partial charge < -0.3 is 15.3 Å². The molecule has 1 heterocycles. The van der Waals surface area contributed by atoms with Crippen molar-refractivity contribution in [1.29, 1.82) is 0 Å². The molecule has 2 atom stereocenters. The van der Waals surface area contributed by atoms with Crippen molar-refractivity contribution in [2.45, 2.75) is 38.3 Å². The Bertz CT molecular complexity index is 174. The number of hydrogen-bond acceptors (Lipinski definition) is 4. The molecule has 0 spiro atoms. The summed E-state index contributed by atoms with van der Waals surface area (Å²) in [5, 5.41) is 13.3. The zero-order valence-corrected chi connectivity index (χ0v) is 11.4. The minimum atomic E-state index is -0.213. The van der Waals surface area contributed by atoms with Gasteiger partial charge in [-0.05, 0) is 51.3 Å². The third kappa shape index (κ3) is 6.09.